The molecule has 0 saturated heterocycles. The van der Waals surface area contributed by atoms with E-state index in [1.165, 1.54) is 19.3 Å². The summed E-state index contributed by atoms with van der Waals surface area (Å²) >= 11 is 0. The first-order valence-corrected chi connectivity index (χ1v) is 4.51. The summed E-state index contributed by atoms with van der Waals surface area (Å²) in [5, 5.41) is 0. The number of nitrogens with two attached hydrogens (primary N) is 1. The van der Waals surface area contributed by atoms with Crippen molar-refractivity contribution in [1.82, 2.24) is 0 Å². The second kappa shape index (κ2) is 2.53. The number of hydrogen-bond acceptors (Lipinski definition) is 1. The molecule has 0 aliphatic heterocycles. The third-order valence-corrected chi connectivity index (χ3v) is 3.50. The van der Waals surface area contributed by atoms with Gasteiger partial charge in [-0.3, -0.25) is 0 Å². The van der Waals surface area contributed by atoms with Crippen LogP contribution in [0.4, 0.5) is 0 Å². The summed E-state index contributed by atoms with van der Waals surface area (Å²) in [7, 11) is 0. The van der Waals surface area contributed by atoms with E-state index in [-0.39, 0.29) is 0 Å². The maximum Gasteiger partial charge on any atom is 0.0205 e. The molecular weight excluding hydrogens is 134 g/mol. The van der Waals surface area contributed by atoms with Crippen LogP contribution in [0.25, 0.3) is 0 Å². The minimum Gasteiger partial charge on any atom is -0.330 e. The molecule has 2 aliphatic carbocycles. The van der Waals surface area contributed by atoms with Gasteiger partial charge in [0.2, 0.25) is 0 Å². The average Bonchev–Trinajstić information content (AvgIpc) is 2.31. The minimum atomic E-state index is 0.571. The Hall–Kier alpha value is -0.480. The molecule has 2 N–H and O–H groups in total. The second-order valence-corrected chi connectivity index (χ2v) is 3.99. The minimum absolute atomic E-state index is 0.571. The molecule has 2 fully saturated rings. The van der Waals surface area contributed by atoms with Crippen molar-refractivity contribution in [2.24, 2.45) is 29.4 Å². The fourth-order valence-corrected chi connectivity index (χ4v) is 2.78. The zero-order chi connectivity index (χ0) is 7.84. The molecule has 0 aromatic heterocycles. The van der Waals surface area contributed by atoms with Crippen molar-refractivity contribution in [3.63, 3.8) is 0 Å². The first-order valence-electron chi connectivity index (χ1n) is 4.51. The first-order chi connectivity index (χ1) is 5.35. The molecule has 0 heterocycles. The SMILES string of the molecule is C#CC1CC2CC(CN)C2C1. The largest absolute Gasteiger partial charge is 0.330 e. The van der Waals surface area contributed by atoms with E-state index in [1.54, 1.807) is 0 Å². The summed E-state index contributed by atoms with van der Waals surface area (Å²) in [4.78, 5) is 0. The molecule has 1 nitrogen and oxygen atoms in total. The van der Waals surface area contributed by atoms with Gasteiger partial charge >= 0.3 is 0 Å². The van der Waals surface area contributed by atoms with E-state index < -0.39 is 0 Å². The average molecular weight is 149 g/mol. The summed E-state index contributed by atoms with van der Waals surface area (Å²) in [6, 6.07) is 0. The summed E-state index contributed by atoms with van der Waals surface area (Å²) < 4.78 is 0. The molecule has 0 aromatic rings. The van der Waals surface area contributed by atoms with Gasteiger partial charge in [0.15, 0.2) is 0 Å². The molecule has 4 atom stereocenters. The first kappa shape index (κ1) is 7.18. The van der Waals surface area contributed by atoms with Gasteiger partial charge in [0.05, 0.1) is 0 Å². The Bertz CT molecular complexity index is 192. The van der Waals surface area contributed by atoms with Crippen LogP contribution in [0, 0.1) is 36.0 Å². The molecule has 60 valence electrons. The Kier molecular flexibility index (Phi) is 1.65. The van der Waals surface area contributed by atoms with Crippen molar-refractivity contribution in [2.45, 2.75) is 19.3 Å². The van der Waals surface area contributed by atoms with Crippen molar-refractivity contribution >= 4 is 0 Å². The highest BCUT2D eigenvalue weighted by molar-refractivity contribution is 5.05. The molecule has 0 aromatic carbocycles. The van der Waals surface area contributed by atoms with Gasteiger partial charge in [-0.05, 0) is 43.6 Å². The third-order valence-electron chi connectivity index (χ3n) is 3.50. The number of rotatable bonds is 1. The van der Waals surface area contributed by atoms with Crippen LogP contribution in [-0.2, 0) is 0 Å². The van der Waals surface area contributed by atoms with E-state index in [0.717, 1.165) is 24.3 Å². The van der Waals surface area contributed by atoms with Gasteiger partial charge in [-0.25, -0.2) is 0 Å². The van der Waals surface area contributed by atoms with Gasteiger partial charge in [-0.15, -0.1) is 12.3 Å². The predicted molar refractivity (Wildman–Crippen MR) is 45.7 cm³/mol. The maximum atomic E-state index is 5.63. The Morgan fingerprint density at radius 3 is 2.82 bits per heavy atom. The van der Waals surface area contributed by atoms with Crippen LogP contribution < -0.4 is 5.73 Å². The van der Waals surface area contributed by atoms with Crippen LogP contribution in [0.2, 0.25) is 0 Å². The smallest absolute Gasteiger partial charge is 0.0205 e. The zero-order valence-corrected chi connectivity index (χ0v) is 6.79. The molecule has 2 rings (SSSR count). The quantitative estimate of drug-likeness (QED) is 0.558. The van der Waals surface area contributed by atoms with Crippen molar-refractivity contribution in [2.75, 3.05) is 6.54 Å². The number of terminal acetylenes is 1. The summed E-state index contributed by atoms with van der Waals surface area (Å²) in [5.41, 5.74) is 5.63. The van der Waals surface area contributed by atoms with Gasteiger partial charge < -0.3 is 5.73 Å². The van der Waals surface area contributed by atoms with Crippen LogP contribution >= 0.6 is 0 Å². The maximum absolute atomic E-state index is 5.63. The summed E-state index contributed by atoms with van der Waals surface area (Å²) in [5.74, 6) is 6.07. The lowest BCUT2D eigenvalue weighted by Crippen LogP contribution is -2.37. The lowest BCUT2D eigenvalue weighted by Gasteiger charge is -2.39. The van der Waals surface area contributed by atoms with Crippen molar-refractivity contribution < 1.29 is 0 Å². The zero-order valence-electron chi connectivity index (χ0n) is 6.79. The third kappa shape index (κ3) is 0.973. The van der Waals surface area contributed by atoms with E-state index in [9.17, 15) is 0 Å². The van der Waals surface area contributed by atoms with Crippen LogP contribution in [0.1, 0.15) is 19.3 Å². The fourth-order valence-electron chi connectivity index (χ4n) is 2.78. The molecule has 11 heavy (non-hydrogen) atoms. The molecule has 4 unspecified atom stereocenters. The Balaban J connectivity index is 1.95. The lowest BCUT2D eigenvalue weighted by atomic mass is 9.67. The normalized spacial score (nSPS) is 47.6. The van der Waals surface area contributed by atoms with Crippen LogP contribution in [0.3, 0.4) is 0 Å². The van der Waals surface area contributed by atoms with Gasteiger partial charge in [0.25, 0.3) is 0 Å². The number of hydrogen-bond donors (Lipinski definition) is 1. The van der Waals surface area contributed by atoms with Crippen LogP contribution in [0.5, 0.6) is 0 Å². The van der Waals surface area contributed by atoms with E-state index in [0.29, 0.717) is 5.92 Å². The summed E-state index contributed by atoms with van der Waals surface area (Å²) in [6.45, 7) is 0.873. The second-order valence-electron chi connectivity index (χ2n) is 3.99. The van der Waals surface area contributed by atoms with Gasteiger partial charge in [0.1, 0.15) is 0 Å². The van der Waals surface area contributed by atoms with Gasteiger partial charge in [0, 0.05) is 5.92 Å². The molecule has 2 saturated carbocycles. The van der Waals surface area contributed by atoms with Crippen LogP contribution in [-0.4, -0.2) is 6.54 Å². The van der Waals surface area contributed by atoms with Crippen molar-refractivity contribution in [3.05, 3.63) is 0 Å². The highest BCUT2D eigenvalue weighted by atomic mass is 14.6. The van der Waals surface area contributed by atoms with E-state index in [2.05, 4.69) is 5.92 Å². The van der Waals surface area contributed by atoms with E-state index in [1.807, 2.05) is 0 Å². The van der Waals surface area contributed by atoms with E-state index in [4.69, 9.17) is 12.2 Å². The Morgan fingerprint density at radius 1 is 1.36 bits per heavy atom. The molecule has 1 heteroatoms. The number of fused-ring (bicyclic) bond motifs is 1. The van der Waals surface area contributed by atoms with Gasteiger partial charge in [-0.2, -0.15) is 0 Å². The molecule has 0 spiro atoms. The standard InChI is InChI=1S/C10H15N/c1-2-7-3-8-5-9(6-11)10(8)4-7/h1,7-10H,3-6,11H2. The highest BCUT2D eigenvalue weighted by Gasteiger charge is 2.46. The fraction of sp³-hybridized carbons (Fsp3) is 0.800. The van der Waals surface area contributed by atoms with Crippen LogP contribution in [0.15, 0.2) is 0 Å². The topological polar surface area (TPSA) is 26.0 Å². The van der Waals surface area contributed by atoms with Crippen molar-refractivity contribution in [3.8, 4) is 12.3 Å². The Morgan fingerprint density at radius 2 is 2.18 bits per heavy atom. The monoisotopic (exact) mass is 149 g/mol. The highest BCUT2D eigenvalue weighted by Crippen LogP contribution is 2.52. The van der Waals surface area contributed by atoms with Crippen molar-refractivity contribution in [1.29, 1.82) is 0 Å². The molecule has 0 radical (unpaired) electrons. The molecule has 0 amide bonds. The van der Waals surface area contributed by atoms with Gasteiger partial charge in [-0.1, -0.05) is 0 Å². The predicted octanol–water partition coefficient (Wildman–Crippen LogP) is 1.24. The lowest BCUT2D eigenvalue weighted by molar-refractivity contribution is 0.111. The summed E-state index contributed by atoms with van der Waals surface area (Å²) in [6.07, 6.45) is 9.27. The Labute approximate surface area is 68.4 Å². The molecule has 2 aliphatic rings. The molecular formula is C10H15N. The molecule has 0 bridgehead atoms. The van der Waals surface area contributed by atoms with E-state index >= 15 is 0 Å².